The largest absolute Gasteiger partial charge is 0.507 e. The molecule has 0 spiro atoms. The molecular formula is C20H24O. The SMILES string of the molecule is CCCCc1cc(C)cc(C/C=C/c2ccccc2)c1O. The lowest BCUT2D eigenvalue weighted by Gasteiger charge is -2.10. The molecule has 0 bridgehead atoms. The lowest BCUT2D eigenvalue weighted by molar-refractivity contribution is 0.461. The minimum Gasteiger partial charge on any atom is -0.507 e. The maximum atomic E-state index is 10.4. The molecule has 0 radical (unpaired) electrons. The Balaban J connectivity index is 2.12. The van der Waals surface area contributed by atoms with E-state index in [0.717, 1.165) is 36.8 Å². The third kappa shape index (κ3) is 4.49. The molecule has 0 heterocycles. The summed E-state index contributed by atoms with van der Waals surface area (Å²) in [6.07, 6.45) is 8.22. The smallest absolute Gasteiger partial charge is 0.122 e. The molecule has 1 N–H and O–H groups in total. The van der Waals surface area contributed by atoms with Gasteiger partial charge in [-0.1, -0.05) is 73.5 Å². The summed E-state index contributed by atoms with van der Waals surface area (Å²) in [5, 5.41) is 10.4. The van der Waals surface area contributed by atoms with Gasteiger partial charge in [0.05, 0.1) is 0 Å². The summed E-state index contributed by atoms with van der Waals surface area (Å²) in [5.74, 6) is 0.478. The fraction of sp³-hybridized carbons (Fsp3) is 0.300. The molecule has 0 atom stereocenters. The van der Waals surface area contributed by atoms with Crippen molar-refractivity contribution in [2.45, 2.75) is 39.5 Å². The van der Waals surface area contributed by atoms with Crippen LogP contribution in [0.2, 0.25) is 0 Å². The molecule has 0 aromatic heterocycles. The molecule has 0 aliphatic carbocycles. The summed E-state index contributed by atoms with van der Waals surface area (Å²) in [7, 11) is 0. The van der Waals surface area contributed by atoms with Crippen molar-refractivity contribution >= 4 is 6.08 Å². The van der Waals surface area contributed by atoms with E-state index >= 15 is 0 Å². The van der Waals surface area contributed by atoms with Crippen molar-refractivity contribution in [3.05, 3.63) is 70.8 Å². The van der Waals surface area contributed by atoms with Crippen molar-refractivity contribution < 1.29 is 5.11 Å². The van der Waals surface area contributed by atoms with Crippen LogP contribution < -0.4 is 0 Å². The maximum Gasteiger partial charge on any atom is 0.122 e. The van der Waals surface area contributed by atoms with Gasteiger partial charge in [-0.3, -0.25) is 0 Å². The average Bonchev–Trinajstić information content (AvgIpc) is 2.50. The highest BCUT2D eigenvalue weighted by Crippen LogP contribution is 2.27. The van der Waals surface area contributed by atoms with Crippen LogP contribution >= 0.6 is 0 Å². The number of benzene rings is 2. The molecule has 0 fully saturated rings. The highest BCUT2D eigenvalue weighted by Gasteiger charge is 2.07. The van der Waals surface area contributed by atoms with Crippen LogP contribution in [0.15, 0.2) is 48.5 Å². The van der Waals surface area contributed by atoms with Crippen LogP contribution in [0.3, 0.4) is 0 Å². The predicted molar refractivity (Wildman–Crippen MR) is 90.6 cm³/mol. The lowest BCUT2D eigenvalue weighted by atomic mass is 9.98. The zero-order chi connectivity index (χ0) is 15.1. The molecule has 2 aromatic carbocycles. The fourth-order valence-electron chi connectivity index (χ4n) is 2.53. The second-order valence-electron chi connectivity index (χ2n) is 5.55. The van der Waals surface area contributed by atoms with Crippen LogP contribution in [0.1, 0.15) is 42.0 Å². The first-order valence-electron chi connectivity index (χ1n) is 7.73. The molecule has 21 heavy (non-hydrogen) atoms. The molecular weight excluding hydrogens is 256 g/mol. The maximum absolute atomic E-state index is 10.4. The molecule has 0 unspecified atom stereocenters. The number of hydrogen-bond donors (Lipinski definition) is 1. The van der Waals surface area contributed by atoms with Gasteiger partial charge in [-0.05, 0) is 42.9 Å². The van der Waals surface area contributed by atoms with Crippen molar-refractivity contribution in [3.8, 4) is 5.75 Å². The second kappa shape index (κ2) is 7.68. The van der Waals surface area contributed by atoms with Crippen LogP contribution in [0.25, 0.3) is 6.08 Å². The van der Waals surface area contributed by atoms with E-state index in [1.54, 1.807) is 0 Å². The molecule has 0 saturated heterocycles. The zero-order valence-corrected chi connectivity index (χ0v) is 13.0. The van der Waals surface area contributed by atoms with Crippen LogP contribution in [-0.2, 0) is 12.8 Å². The molecule has 0 aliphatic rings. The van der Waals surface area contributed by atoms with E-state index in [4.69, 9.17) is 0 Å². The highest BCUT2D eigenvalue weighted by molar-refractivity contribution is 5.51. The minimum atomic E-state index is 0.478. The van der Waals surface area contributed by atoms with Crippen LogP contribution in [0, 0.1) is 6.92 Å². The summed E-state index contributed by atoms with van der Waals surface area (Å²) < 4.78 is 0. The first kappa shape index (κ1) is 15.4. The number of aryl methyl sites for hydroxylation is 2. The normalized spacial score (nSPS) is 11.1. The highest BCUT2D eigenvalue weighted by atomic mass is 16.3. The van der Waals surface area contributed by atoms with Gasteiger partial charge < -0.3 is 5.11 Å². The van der Waals surface area contributed by atoms with Gasteiger partial charge in [0.2, 0.25) is 0 Å². The standard InChI is InChI=1S/C20H24O/c1-3-4-12-18-14-16(2)15-19(20(18)21)13-8-11-17-9-6-5-7-10-17/h5-11,14-15,21H,3-4,12-13H2,1-2H3/b11-8+. The Kier molecular flexibility index (Phi) is 5.62. The first-order chi connectivity index (χ1) is 10.2. The molecule has 2 aromatic rings. The molecule has 0 saturated carbocycles. The van der Waals surface area contributed by atoms with Crippen molar-refractivity contribution in [2.24, 2.45) is 0 Å². The Bertz CT molecular complexity index is 597. The van der Waals surface area contributed by atoms with E-state index in [-0.39, 0.29) is 0 Å². The third-order valence-electron chi connectivity index (χ3n) is 3.66. The van der Waals surface area contributed by atoms with Gasteiger partial charge in [-0.25, -0.2) is 0 Å². The van der Waals surface area contributed by atoms with Gasteiger partial charge in [0.15, 0.2) is 0 Å². The quantitative estimate of drug-likeness (QED) is 0.761. The van der Waals surface area contributed by atoms with Crippen LogP contribution in [0.4, 0.5) is 0 Å². The third-order valence-corrected chi connectivity index (χ3v) is 3.66. The lowest BCUT2D eigenvalue weighted by Crippen LogP contribution is -1.93. The van der Waals surface area contributed by atoms with Gasteiger partial charge in [0.25, 0.3) is 0 Å². The van der Waals surface area contributed by atoms with E-state index in [9.17, 15) is 5.11 Å². The Hall–Kier alpha value is -2.02. The molecule has 0 amide bonds. The topological polar surface area (TPSA) is 20.2 Å². The monoisotopic (exact) mass is 280 g/mol. The van der Waals surface area contributed by atoms with E-state index < -0.39 is 0 Å². The molecule has 0 aliphatic heterocycles. The second-order valence-corrected chi connectivity index (χ2v) is 5.55. The summed E-state index contributed by atoms with van der Waals surface area (Å²) in [5.41, 5.74) is 4.52. The number of phenolic OH excluding ortho intramolecular Hbond substituents is 1. The Morgan fingerprint density at radius 3 is 2.48 bits per heavy atom. The summed E-state index contributed by atoms with van der Waals surface area (Å²) in [6.45, 7) is 4.27. The number of rotatable bonds is 6. The van der Waals surface area contributed by atoms with Gasteiger partial charge in [-0.2, -0.15) is 0 Å². The van der Waals surface area contributed by atoms with Crippen LogP contribution in [-0.4, -0.2) is 5.11 Å². The number of allylic oxidation sites excluding steroid dienone is 1. The molecule has 2 rings (SSSR count). The summed E-state index contributed by atoms with van der Waals surface area (Å²) in [6, 6.07) is 14.4. The van der Waals surface area contributed by atoms with Crippen molar-refractivity contribution in [3.63, 3.8) is 0 Å². The van der Waals surface area contributed by atoms with Crippen molar-refractivity contribution in [1.82, 2.24) is 0 Å². The van der Waals surface area contributed by atoms with Gasteiger partial charge in [0.1, 0.15) is 5.75 Å². The van der Waals surface area contributed by atoms with Crippen molar-refractivity contribution in [1.29, 1.82) is 0 Å². The summed E-state index contributed by atoms with van der Waals surface area (Å²) >= 11 is 0. The molecule has 110 valence electrons. The number of phenols is 1. The van der Waals surface area contributed by atoms with E-state index in [1.807, 2.05) is 18.2 Å². The zero-order valence-electron chi connectivity index (χ0n) is 13.0. The van der Waals surface area contributed by atoms with Gasteiger partial charge in [-0.15, -0.1) is 0 Å². The van der Waals surface area contributed by atoms with Crippen molar-refractivity contribution in [2.75, 3.05) is 0 Å². The minimum absolute atomic E-state index is 0.478. The van der Waals surface area contributed by atoms with E-state index in [0.29, 0.717) is 5.75 Å². The van der Waals surface area contributed by atoms with Gasteiger partial charge in [0, 0.05) is 0 Å². The Labute approximate surface area is 128 Å². The van der Waals surface area contributed by atoms with Gasteiger partial charge >= 0.3 is 0 Å². The van der Waals surface area contributed by atoms with E-state index in [2.05, 4.69) is 50.3 Å². The Morgan fingerprint density at radius 2 is 1.76 bits per heavy atom. The number of unbranched alkanes of at least 4 members (excludes halogenated alkanes) is 1. The van der Waals surface area contributed by atoms with Crippen LogP contribution in [0.5, 0.6) is 5.75 Å². The molecule has 1 heteroatoms. The average molecular weight is 280 g/mol. The summed E-state index contributed by atoms with van der Waals surface area (Å²) in [4.78, 5) is 0. The Morgan fingerprint density at radius 1 is 1.05 bits per heavy atom. The van der Waals surface area contributed by atoms with E-state index in [1.165, 1.54) is 11.1 Å². The first-order valence-corrected chi connectivity index (χ1v) is 7.73. The predicted octanol–water partition coefficient (Wildman–Crippen LogP) is 5.30. The fourth-order valence-corrected chi connectivity index (χ4v) is 2.53. The molecule has 1 nitrogen and oxygen atoms in total. The number of aromatic hydroxyl groups is 1. The number of hydrogen-bond acceptors (Lipinski definition) is 1.